The van der Waals surface area contributed by atoms with E-state index in [1.807, 2.05) is 56.3 Å². The van der Waals surface area contributed by atoms with Crippen LogP contribution in [0.15, 0.2) is 42.7 Å². The molecule has 1 aromatic carbocycles. The van der Waals surface area contributed by atoms with Gasteiger partial charge in [0.1, 0.15) is 18.0 Å². The number of nitrogens with zero attached hydrogens (tertiary/aromatic N) is 4. The first-order valence-corrected chi connectivity index (χ1v) is 8.97. The Labute approximate surface area is 165 Å². The van der Waals surface area contributed by atoms with Crippen LogP contribution in [-0.4, -0.2) is 54.2 Å². The number of hydrogen-bond donors (Lipinski definition) is 3. The van der Waals surface area contributed by atoms with Gasteiger partial charge in [-0.05, 0) is 44.8 Å². The number of nitrogens with two attached hydrogens (primary N) is 1. The molecular formula is C20H27N7O. The quantitative estimate of drug-likeness (QED) is 0.479. The molecule has 0 aliphatic rings. The maximum Gasteiger partial charge on any atom is 0.250 e. The van der Waals surface area contributed by atoms with Gasteiger partial charge < -0.3 is 26.3 Å². The van der Waals surface area contributed by atoms with E-state index < -0.39 is 0 Å². The average Bonchev–Trinajstić information content (AvgIpc) is 2.67. The van der Waals surface area contributed by atoms with Crippen molar-refractivity contribution in [2.24, 2.45) is 0 Å². The molecule has 2 rings (SSSR count). The van der Waals surface area contributed by atoms with Crippen molar-refractivity contribution in [1.29, 1.82) is 5.41 Å². The Bertz CT molecular complexity index is 859. The van der Waals surface area contributed by atoms with Gasteiger partial charge in [0.15, 0.2) is 0 Å². The molecule has 0 atom stereocenters. The maximum atomic E-state index is 12.2. The maximum absolute atomic E-state index is 12.2. The average molecular weight is 381 g/mol. The minimum atomic E-state index is -0.0928. The third-order valence-electron chi connectivity index (χ3n) is 4.11. The standard InChI is InChI=1S/C20H27N7O/c1-5-16(21)18-19(22)23-13-24-20(18)25-14-8-10-15(11-9-14)27(4)17(28)7-6-12-26(2)3/h6-11,13,21H,5,12H2,1-4H3,(H3,22,23,24,25). The van der Waals surface area contributed by atoms with Crippen LogP contribution in [0.25, 0.3) is 0 Å². The molecule has 2 aromatic rings. The summed E-state index contributed by atoms with van der Waals surface area (Å²) >= 11 is 0. The number of hydrogen-bond acceptors (Lipinski definition) is 7. The molecule has 0 aliphatic carbocycles. The first-order chi connectivity index (χ1) is 13.3. The normalized spacial score (nSPS) is 11.0. The van der Waals surface area contributed by atoms with Gasteiger partial charge >= 0.3 is 0 Å². The first-order valence-electron chi connectivity index (χ1n) is 8.97. The van der Waals surface area contributed by atoms with Gasteiger partial charge in [-0.2, -0.15) is 0 Å². The van der Waals surface area contributed by atoms with Crippen molar-refractivity contribution in [3.8, 4) is 0 Å². The summed E-state index contributed by atoms with van der Waals surface area (Å²) in [5.41, 5.74) is 8.34. The van der Waals surface area contributed by atoms with Crippen molar-refractivity contribution >= 4 is 34.6 Å². The van der Waals surface area contributed by atoms with Crippen molar-refractivity contribution in [2.45, 2.75) is 13.3 Å². The summed E-state index contributed by atoms with van der Waals surface area (Å²) in [6.45, 7) is 2.59. The van der Waals surface area contributed by atoms with Crippen LogP contribution >= 0.6 is 0 Å². The highest BCUT2D eigenvalue weighted by molar-refractivity contribution is 6.06. The minimum Gasteiger partial charge on any atom is -0.383 e. The molecule has 0 bridgehead atoms. The van der Waals surface area contributed by atoms with Crippen molar-refractivity contribution in [3.63, 3.8) is 0 Å². The van der Waals surface area contributed by atoms with E-state index in [-0.39, 0.29) is 11.7 Å². The summed E-state index contributed by atoms with van der Waals surface area (Å²) in [7, 11) is 5.63. The van der Waals surface area contributed by atoms with Gasteiger partial charge in [-0.15, -0.1) is 0 Å². The number of nitrogens with one attached hydrogen (secondary N) is 2. The van der Waals surface area contributed by atoms with Crippen LogP contribution in [0.5, 0.6) is 0 Å². The molecule has 1 heterocycles. The largest absolute Gasteiger partial charge is 0.383 e. The molecule has 0 unspecified atom stereocenters. The van der Waals surface area contributed by atoms with Crippen molar-refractivity contribution in [2.75, 3.05) is 43.6 Å². The van der Waals surface area contributed by atoms with Crippen LogP contribution in [0.3, 0.4) is 0 Å². The van der Waals surface area contributed by atoms with E-state index in [0.29, 0.717) is 30.1 Å². The van der Waals surface area contributed by atoms with E-state index >= 15 is 0 Å². The fourth-order valence-corrected chi connectivity index (χ4v) is 2.48. The van der Waals surface area contributed by atoms with Gasteiger partial charge in [-0.3, -0.25) is 4.79 Å². The lowest BCUT2D eigenvalue weighted by Gasteiger charge is -2.17. The zero-order valence-electron chi connectivity index (χ0n) is 16.7. The van der Waals surface area contributed by atoms with E-state index in [1.54, 1.807) is 18.0 Å². The molecule has 148 valence electrons. The summed E-state index contributed by atoms with van der Waals surface area (Å²) in [6.07, 6.45) is 5.29. The number of amides is 1. The second-order valence-corrected chi connectivity index (χ2v) is 6.55. The van der Waals surface area contributed by atoms with Crippen molar-refractivity contribution in [3.05, 3.63) is 48.3 Å². The smallest absolute Gasteiger partial charge is 0.250 e. The summed E-state index contributed by atoms with van der Waals surface area (Å²) in [5.74, 6) is 0.670. The Hall–Kier alpha value is -3.26. The zero-order chi connectivity index (χ0) is 20.7. The highest BCUT2D eigenvalue weighted by Gasteiger charge is 2.14. The topological polar surface area (TPSA) is 111 Å². The lowest BCUT2D eigenvalue weighted by molar-refractivity contribution is -0.113. The monoisotopic (exact) mass is 381 g/mol. The Morgan fingerprint density at radius 2 is 1.89 bits per heavy atom. The molecule has 1 aromatic heterocycles. The molecule has 0 aliphatic heterocycles. The van der Waals surface area contributed by atoms with Gasteiger partial charge in [0.2, 0.25) is 5.91 Å². The molecule has 0 saturated heterocycles. The van der Waals surface area contributed by atoms with E-state index in [0.717, 1.165) is 11.4 Å². The summed E-state index contributed by atoms with van der Waals surface area (Å²) in [6, 6.07) is 7.38. The third-order valence-corrected chi connectivity index (χ3v) is 4.11. The predicted molar refractivity (Wildman–Crippen MR) is 114 cm³/mol. The first kappa shape index (κ1) is 21.0. The predicted octanol–water partition coefficient (Wildman–Crippen LogP) is 2.66. The number of anilines is 4. The molecular weight excluding hydrogens is 354 g/mol. The van der Waals surface area contributed by atoms with Crippen LogP contribution < -0.4 is 16.0 Å². The highest BCUT2D eigenvalue weighted by atomic mass is 16.2. The van der Waals surface area contributed by atoms with Gasteiger partial charge in [-0.25, -0.2) is 9.97 Å². The number of carbonyl (C=O) groups is 1. The molecule has 1 amide bonds. The molecule has 4 N–H and O–H groups in total. The zero-order valence-corrected chi connectivity index (χ0v) is 16.7. The van der Waals surface area contributed by atoms with Gasteiger partial charge in [0.25, 0.3) is 0 Å². The summed E-state index contributed by atoms with van der Waals surface area (Å²) < 4.78 is 0. The fourth-order valence-electron chi connectivity index (χ4n) is 2.48. The van der Waals surface area contributed by atoms with E-state index in [2.05, 4.69) is 15.3 Å². The molecule has 8 heteroatoms. The van der Waals surface area contributed by atoms with Crippen LogP contribution in [0.2, 0.25) is 0 Å². The van der Waals surface area contributed by atoms with Crippen LogP contribution in [0.4, 0.5) is 23.0 Å². The Morgan fingerprint density at radius 3 is 2.50 bits per heavy atom. The molecule has 0 fully saturated rings. The van der Waals surface area contributed by atoms with Crippen molar-refractivity contribution in [1.82, 2.24) is 14.9 Å². The Balaban J connectivity index is 2.14. The fraction of sp³-hybridized carbons (Fsp3) is 0.300. The van der Waals surface area contributed by atoms with Gasteiger partial charge in [0, 0.05) is 36.8 Å². The SMILES string of the molecule is CCC(=N)c1c(N)ncnc1Nc1ccc(N(C)C(=O)C=CCN(C)C)cc1. The molecule has 28 heavy (non-hydrogen) atoms. The molecule has 0 saturated carbocycles. The second-order valence-electron chi connectivity index (χ2n) is 6.55. The second kappa shape index (κ2) is 9.61. The van der Waals surface area contributed by atoms with Crippen LogP contribution in [-0.2, 0) is 4.79 Å². The third kappa shape index (κ3) is 5.37. The Kier molecular flexibility index (Phi) is 7.22. The van der Waals surface area contributed by atoms with Gasteiger partial charge in [-0.1, -0.05) is 13.0 Å². The Morgan fingerprint density at radius 1 is 1.21 bits per heavy atom. The number of rotatable bonds is 8. The van der Waals surface area contributed by atoms with Crippen LogP contribution in [0, 0.1) is 5.41 Å². The lowest BCUT2D eigenvalue weighted by atomic mass is 10.1. The van der Waals surface area contributed by atoms with Crippen LogP contribution in [0.1, 0.15) is 18.9 Å². The van der Waals surface area contributed by atoms with Gasteiger partial charge in [0.05, 0.1) is 5.56 Å². The summed E-state index contributed by atoms with van der Waals surface area (Å²) in [4.78, 5) is 24.0. The lowest BCUT2D eigenvalue weighted by Crippen LogP contribution is -2.24. The number of nitrogen functional groups attached to an aromatic ring is 1. The highest BCUT2D eigenvalue weighted by Crippen LogP contribution is 2.24. The van der Waals surface area contributed by atoms with Crippen molar-refractivity contribution < 1.29 is 4.79 Å². The van der Waals surface area contributed by atoms with E-state index in [9.17, 15) is 4.79 Å². The number of benzene rings is 1. The van der Waals surface area contributed by atoms with E-state index in [1.165, 1.54) is 6.33 Å². The minimum absolute atomic E-state index is 0.0928. The summed E-state index contributed by atoms with van der Waals surface area (Å²) in [5, 5.41) is 11.3. The number of likely N-dealkylation sites (N-methyl/N-ethyl adjacent to an activating group) is 2. The van der Waals surface area contributed by atoms with E-state index in [4.69, 9.17) is 11.1 Å². The number of carbonyl (C=O) groups excluding carboxylic acids is 1. The molecule has 8 nitrogen and oxygen atoms in total. The molecule has 0 radical (unpaired) electrons. The number of aromatic nitrogens is 2. The molecule has 0 spiro atoms.